The third-order valence-corrected chi connectivity index (χ3v) is 4.77. The summed E-state index contributed by atoms with van der Waals surface area (Å²) in [7, 11) is 3.14. The van der Waals surface area contributed by atoms with Gasteiger partial charge in [-0.3, -0.25) is 13.9 Å². The normalized spacial score (nSPS) is 11.5. The molecule has 2 aromatic rings. The van der Waals surface area contributed by atoms with Crippen molar-refractivity contribution in [2.75, 3.05) is 6.61 Å². The minimum atomic E-state index is -0.346. The first kappa shape index (κ1) is 19.4. The molecule has 0 radical (unpaired) electrons. The van der Waals surface area contributed by atoms with E-state index >= 15 is 0 Å². The van der Waals surface area contributed by atoms with Crippen LogP contribution in [0.2, 0.25) is 0 Å². The number of fused-ring (bicyclic) bond motifs is 1. The van der Waals surface area contributed by atoms with Crippen LogP contribution in [-0.2, 0) is 20.6 Å². The average molecular weight is 350 g/mol. The molecule has 7 nitrogen and oxygen atoms in total. The van der Waals surface area contributed by atoms with Crippen LogP contribution < -0.4 is 11.2 Å². The molecule has 25 heavy (non-hydrogen) atoms. The largest absolute Gasteiger partial charge is 0.396 e. The Morgan fingerprint density at radius 1 is 0.880 bits per heavy atom. The highest BCUT2D eigenvalue weighted by Gasteiger charge is 2.13. The number of rotatable bonds is 11. The SMILES string of the molecule is Cn1c(=O)c2c(ncn2CCCCCCCCCCCO)n(C)c1=O. The number of unbranched alkanes of at least 4 members (excludes halogenated alkanes) is 8. The molecule has 0 saturated carbocycles. The lowest BCUT2D eigenvalue weighted by molar-refractivity contribution is 0.282. The van der Waals surface area contributed by atoms with Gasteiger partial charge < -0.3 is 9.67 Å². The molecule has 0 aliphatic carbocycles. The zero-order valence-corrected chi connectivity index (χ0v) is 15.4. The summed E-state index contributed by atoms with van der Waals surface area (Å²) in [6.07, 6.45) is 12.0. The van der Waals surface area contributed by atoms with Gasteiger partial charge in [-0.05, 0) is 12.8 Å². The fourth-order valence-electron chi connectivity index (χ4n) is 3.20. The number of imidazole rings is 1. The molecule has 0 amide bonds. The molecular weight excluding hydrogens is 320 g/mol. The highest BCUT2D eigenvalue weighted by Crippen LogP contribution is 2.11. The number of hydrogen-bond acceptors (Lipinski definition) is 4. The van der Waals surface area contributed by atoms with Crippen LogP contribution in [0.1, 0.15) is 57.8 Å². The van der Waals surface area contributed by atoms with Crippen LogP contribution in [0.4, 0.5) is 0 Å². The van der Waals surface area contributed by atoms with Crippen molar-refractivity contribution in [1.82, 2.24) is 18.7 Å². The quantitative estimate of drug-likeness (QED) is 0.628. The maximum atomic E-state index is 12.3. The first-order chi connectivity index (χ1) is 12.1. The first-order valence-electron chi connectivity index (χ1n) is 9.29. The molecule has 2 rings (SSSR count). The number of nitrogens with zero attached hydrogens (tertiary/aromatic N) is 4. The molecule has 0 aliphatic rings. The van der Waals surface area contributed by atoms with Crippen LogP contribution in [-0.4, -0.2) is 30.4 Å². The van der Waals surface area contributed by atoms with E-state index < -0.39 is 0 Å². The van der Waals surface area contributed by atoms with Crippen molar-refractivity contribution in [3.05, 3.63) is 27.2 Å². The van der Waals surface area contributed by atoms with Crippen molar-refractivity contribution in [1.29, 1.82) is 0 Å². The molecule has 1 N–H and O–H groups in total. The predicted octanol–water partition coefficient (Wildman–Crippen LogP) is 1.94. The second kappa shape index (κ2) is 9.56. The Balaban J connectivity index is 1.79. The van der Waals surface area contributed by atoms with E-state index in [0.29, 0.717) is 17.8 Å². The Morgan fingerprint density at radius 2 is 1.44 bits per heavy atom. The van der Waals surface area contributed by atoms with Gasteiger partial charge in [0.2, 0.25) is 0 Å². The molecule has 0 aliphatic heterocycles. The van der Waals surface area contributed by atoms with Crippen LogP contribution in [0.25, 0.3) is 11.2 Å². The molecule has 0 spiro atoms. The molecule has 140 valence electrons. The van der Waals surface area contributed by atoms with Crippen molar-refractivity contribution in [2.45, 2.75) is 64.3 Å². The Bertz CT molecular complexity index is 788. The Hall–Kier alpha value is -1.89. The molecule has 0 saturated heterocycles. The van der Waals surface area contributed by atoms with E-state index in [2.05, 4.69) is 4.98 Å². The van der Waals surface area contributed by atoms with E-state index in [-0.39, 0.29) is 11.2 Å². The van der Waals surface area contributed by atoms with E-state index in [9.17, 15) is 9.59 Å². The Kier molecular flexibility index (Phi) is 7.43. The van der Waals surface area contributed by atoms with Crippen LogP contribution in [0.15, 0.2) is 15.9 Å². The van der Waals surface area contributed by atoms with Gasteiger partial charge >= 0.3 is 5.69 Å². The zero-order chi connectivity index (χ0) is 18.2. The summed E-state index contributed by atoms with van der Waals surface area (Å²) < 4.78 is 4.42. The summed E-state index contributed by atoms with van der Waals surface area (Å²) in [5.74, 6) is 0. The minimum absolute atomic E-state index is 0.279. The second-order valence-electron chi connectivity index (χ2n) is 6.72. The van der Waals surface area contributed by atoms with Crippen LogP contribution >= 0.6 is 0 Å². The van der Waals surface area contributed by atoms with Gasteiger partial charge in [-0.2, -0.15) is 0 Å². The van der Waals surface area contributed by atoms with Gasteiger partial charge in [-0.15, -0.1) is 0 Å². The monoisotopic (exact) mass is 350 g/mol. The van der Waals surface area contributed by atoms with Crippen molar-refractivity contribution in [3.63, 3.8) is 0 Å². The number of aliphatic hydroxyl groups is 1. The van der Waals surface area contributed by atoms with Crippen molar-refractivity contribution in [3.8, 4) is 0 Å². The van der Waals surface area contributed by atoms with Crippen LogP contribution in [0.5, 0.6) is 0 Å². The summed E-state index contributed by atoms with van der Waals surface area (Å²) in [4.78, 5) is 28.5. The average Bonchev–Trinajstić information content (AvgIpc) is 3.04. The topological polar surface area (TPSA) is 82.0 Å². The van der Waals surface area contributed by atoms with Gasteiger partial charge in [0.05, 0.1) is 6.33 Å². The van der Waals surface area contributed by atoms with Crippen molar-refractivity contribution >= 4 is 11.2 Å². The summed E-state index contributed by atoms with van der Waals surface area (Å²) in [5, 5.41) is 8.73. The fraction of sp³-hybridized carbons (Fsp3) is 0.722. The number of aryl methyl sites for hydroxylation is 2. The molecular formula is C18H30N4O3. The summed E-state index contributed by atoms with van der Waals surface area (Å²) in [6, 6.07) is 0. The van der Waals surface area contributed by atoms with E-state index in [0.717, 1.165) is 36.8 Å². The standard InChI is InChI=1S/C18H30N4O3/c1-20-16-15(17(24)21(2)18(20)25)22(14-19-16)12-10-8-6-4-3-5-7-9-11-13-23/h14,23H,3-13H2,1-2H3. The molecule has 0 atom stereocenters. The summed E-state index contributed by atoms with van der Waals surface area (Å²) in [6.45, 7) is 1.06. The zero-order valence-electron chi connectivity index (χ0n) is 15.4. The van der Waals surface area contributed by atoms with E-state index in [1.165, 1.54) is 43.7 Å². The lowest BCUT2D eigenvalue weighted by Gasteiger charge is -2.07. The van der Waals surface area contributed by atoms with Crippen LogP contribution in [0, 0.1) is 0 Å². The van der Waals surface area contributed by atoms with Crippen molar-refractivity contribution < 1.29 is 5.11 Å². The highest BCUT2D eigenvalue weighted by molar-refractivity contribution is 5.69. The lowest BCUT2D eigenvalue weighted by Crippen LogP contribution is -2.37. The molecule has 0 aromatic carbocycles. The first-order valence-corrected chi connectivity index (χ1v) is 9.29. The molecule has 0 unspecified atom stereocenters. The van der Waals surface area contributed by atoms with Gasteiger partial charge in [0.1, 0.15) is 0 Å². The maximum absolute atomic E-state index is 12.3. The van der Waals surface area contributed by atoms with E-state index in [1.54, 1.807) is 13.4 Å². The second-order valence-corrected chi connectivity index (χ2v) is 6.72. The lowest BCUT2D eigenvalue weighted by atomic mass is 10.1. The molecule has 7 heteroatoms. The molecule has 2 heterocycles. The number of aliphatic hydroxyl groups excluding tert-OH is 1. The Labute approximate surface area is 147 Å². The van der Waals surface area contributed by atoms with Crippen molar-refractivity contribution in [2.24, 2.45) is 14.1 Å². The van der Waals surface area contributed by atoms with E-state index in [1.807, 2.05) is 4.57 Å². The fourth-order valence-corrected chi connectivity index (χ4v) is 3.20. The number of aromatic nitrogens is 4. The third-order valence-electron chi connectivity index (χ3n) is 4.77. The molecule has 0 fully saturated rings. The molecule has 0 bridgehead atoms. The third kappa shape index (κ3) is 4.81. The van der Waals surface area contributed by atoms with E-state index in [4.69, 9.17) is 5.11 Å². The predicted molar refractivity (Wildman–Crippen MR) is 98.9 cm³/mol. The minimum Gasteiger partial charge on any atom is -0.396 e. The maximum Gasteiger partial charge on any atom is 0.332 e. The Morgan fingerprint density at radius 3 is 2.04 bits per heavy atom. The van der Waals surface area contributed by atoms with Gasteiger partial charge in [-0.25, -0.2) is 9.78 Å². The van der Waals surface area contributed by atoms with Gasteiger partial charge in [0.15, 0.2) is 11.2 Å². The van der Waals surface area contributed by atoms with Gasteiger partial charge in [-0.1, -0.05) is 44.9 Å². The van der Waals surface area contributed by atoms with Crippen LogP contribution in [0.3, 0.4) is 0 Å². The van der Waals surface area contributed by atoms with Gasteiger partial charge in [0.25, 0.3) is 5.56 Å². The van der Waals surface area contributed by atoms with Gasteiger partial charge in [0, 0.05) is 27.2 Å². The smallest absolute Gasteiger partial charge is 0.332 e. The summed E-state index contributed by atoms with van der Waals surface area (Å²) in [5.41, 5.74) is 0.338. The molecule has 2 aromatic heterocycles. The summed E-state index contributed by atoms with van der Waals surface area (Å²) >= 11 is 0. The number of hydrogen-bond donors (Lipinski definition) is 1. The highest BCUT2D eigenvalue weighted by atomic mass is 16.3.